The summed E-state index contributed by atoms with van der Waals surface area (Å²) >= 11 is 0. The second kappa shape index (κ2) is 7.20. The van der Waals surface area contributed by atoms with Crippen LogP contribution in [-0.4, -0.2) is 37.5 Å². The van der Waals surface area contributed by atoms with Gasteiger partial charge in [0, 0.05) is 61.0 Å². The maximum Gasteiger partial charge on any atom is 0.128 e. The molecule has 1 saturated carbocycles. The van der Waals surface area contributed by atoms with Gasteiger partial charge in [0.1, 0.15) is 11.9 Å². The Hall–Kier alpha value is -3.66. The number of nitrogens with zero attached hydrogens (tertiary/aromatic N) is 7. The van der Waals surface area contributed by atoms with Crippen LogP contribution in [0.1, 0.15) is 25.3 Å². The van der Waals surface area contributed by atoms with Gasteiger partial charge in [-0.05, 0) is 48.8 Å². The van der Waals surface area contributed by atoms with Crippen molar-refractivity contribution in [3.05, 3.63) is 54.7 Å². The number of aromatic nitrogens is 5. The minimum Gasteiger partial charge on any atom is -0.356 e. The van der Waals surface area contributed by atoms with Crippen LogP contribution in [0.2, 0.25) is 0 Å². The topological polar surface area (TPSA) is 75.0 Å². The van der Waals surface area contributed by atoms with Crippen LogP contribution in [0.3, 0.4) is 0 Å². The Kier molecular flexibility index (Phi) is 4.29. The smallest absolute Gasteiger partial charge is 0.128 e. The number of hydrogen-bond donors (Lipinski definition) is 0. The molecule has 5 heterocycles. The van der Waals surface area contributed by atoms with E-state index >= 15 is 0 Å². The standard InChI is InChI=1S/C25H25N7/c1-16-5-18-13-31(14-19(18)6-16)24-4-3-17(9-27-24)23-7-20(22-11-28-30(2)12-22)15-32-25(23)21(8-26)10-29-32/h3-4,7,9-12,15-16,18-19H,5-6,13-14H2,1-2H3/t16?,18-,19+. The molecular formula is C25H25N7. The van der Waals surface area contributed by atoms with Gasteiger partial charge in [-0.3, -0.25) is 4.68 Å². The van der Waals surface area contributed by atoms with Crippen LogP contribution in [0.25, 0.3) is 27.8 Å². The first kappa shape index (κ1) is 19.1. The summed E-state index contributed by atoms with van der Waals surface area (Å²) in [5.41, 5.74) is 5.30. The van der Waals surface area contributed by atoms with Crippen LogP contribution in [0, 0.1) is 29.1 Å². The monoisotopic (exact) mass is 423 g/mol. The minimum atomic E-state index is 0.559. The van der Waals surface area contributed by atoms with Gasteiger partial charge in [0.05, 0.1) is 23.5 Å². The fourth-order valence-corrected chi connectivity index (χ4v) is 5.67. The zero-order chi connectivity index (χ0) is 21.8. The maximum atomic E-state index is 9.63. The van der Waals surface area contributed by atoms with E-state index in [9.17, 15) is 5.26 Å². The molecule has 0 radical (unpaired) electrons. The van der Waals surface area contributed by atoms with Gasteiger partial charge in [-0.25, -0.2) is 9.50 Å². The van der Waals surface area contributed by atoms with E-state index in [4.69, 9.17) is 4.98 Å². The predicted molar refractivity (Wildman–Crippen MR) is 123 cm³/mol. The van der Waals surface area contributed by atoms with E-state index in [1.165, 1.54) is 12.8 Å². The van der Waals surface area contributed by atoms with Crippen molar-refractivity contribution in [1.29, 1.82) is 5.26 Å². The van der Waals surface area contributed by atoms with E-state index in [0.717, 1.165) is 64.4 Å². The second-order valence-corrected chi connectivity index (χ2v) is 9.42. The van der Waals surface area contributed by atoms with Gasteiger partial charge in [0.2, 0.25) is 0 Å². The van der Waals surface area contributed by atoms with Crippen molar-refractivity contribution in [3.63, 3.8) is 0 Å². The summed E-state index contributed by atoms with van der Waals surface area (Å²) in [4.78, 5) is 7.27. The summed E-state index contributed by atoms with van der Waals surface area (Å²) in [5, 5.41) is 18.4. The molecule has 2 fully saturated rings. The van der Waals surface area contributed by atoms with Crippen molar-refractivity contribution in [3.8, 4) is 28.3 Å². The van der Waals surface area contributed by atoms with Crippen LogP contribution in [0.5, 0.6) is 0 Å². The SMILES string of the molecule is CC1C[C@@H]2CN(c3ccc(-c4cc(-c5cnn(C)c5)cn5ncc(C#N)c45)cn3)C[C@@H]2C1. The molecule has 1 aliphatic carbocycles. The summed E-state index contributed by atoms with van der Waals surface area (Å²) in [6.07, 6.45) is 12.0. The Balaban J connectivity index is 1.38. The highest BCUT2D eigenvalue weighted by molar-refractivity contribution is 5.87. The Morgan fingerprint density at radius 3 is 2.44 bits per heavy atom. The van der Waals surface area contributed by atoms with Crippen molar-refractivity contribution in [2.24, 2.45) is 24.8 Å². The summed E-state index contributed by atoms with van der Waals surface area (Å²) in [5.74, 6) is 3.53. The third kappa shape index (κ3) is 3.06. The Morgan fingerprint density at radius 2 is 1.78 bits per heavy atom. The molecule has 32 heavy (non-hydrogen) atoms. The second-order valence-electron chi connectivity index (χ2n) is 9.42. The van der Waals surface area contributed by atoms with E-state index in [1.807, 2.05) is 31.8 Å². The fourth-order valence-electron chi connectivity index (χ4n) is 5.67. The first-order valence-electron chi connectivity index (χ1n) is 11.2. The van der Waals surface area contributed by atoms with Crippen LogP contribution >= 0.6 is 0 Å². The molecule has 0 amide bonds. The lowest BCUT2D eigenvalue weighted by Crippen LogP contribution is -2.22. The van der Waals surface area contributed by atoms with Crippen LogP contribution in [-0.2, 0) is 7.05 Å². The summed E-state index contributed by atoms with van der Waals surface area (Å²) in [7, 11) is 1.90. The number of nitriles is 1. The predicted octanol–water partition coefficient (Wildman–Crippen LogP) is 4.15. The molecule has 4 aromatic rings. The number of anilines is 1. The average molecular weight is 424 g/mol. The number of rotatable bonds is 3. The van der Waals surface area contributed by atoms with E-state index in [-0.39, 0.29) is 0 Å². The minimum absolute atomic E-state index is 0.559. The third-order valence-electron chi connectivity index (χ3n) is 7.14. The molecule has 3 atom stereocenters. The van der Waals surface area contributed by atoms with Gasteiger partial charge in [0.25, 0.3) is 0 Å². The molecule has 0 spiro atoms. The molecule has 7 nitrogen and oxygen atoms in total. The molecule has 1 saturated heterocycles. The lowest BCUT2D eigenvalue weighted by molar-refractivity contribution is 0.494. The first-order chi connectivity index (χ1) is 15.6. The summed E-state index contributed by atoms with van der Waals surface area (Å²) in [6, 6.07) is 8.62. The molecule has 4 aromatic heterocycles. The zero-order valence-corrected chi connectivity index (χ0v) is 18.3. The van der Waals surface area contributed by atoms with Gasteiger partial charge < -0.3 is 4.90 Å². The largest absolute Gasteiger partial charge is 0.356 e. The molecule has 2 aliphatic rings. The molecule has 0 bridgehead atoms. The Labute approximate surface area is 186 Å². The molecule has 6 rings (SSSR count). The highest BCUT2D eigenvalue weighted by atomic mass is 15.2. The lowest BCUT2D eigenvalue weighted by atomic mass is 10.0. The molecule has 0 aromatic carbocycles. The highest BCUT2D eigenvalue weighted by Gasteiger charge is 2.39. The molecule has 1 aliphatic heterocycles. The lowest BCUT2D eigenvalue weighted by Gasteiger charge is -2.19. The van der Waals surface area contributed by atoms with Crippen molar-refractivity contribution >= 4 is 11.3 Å². The fraction of sp³-hybridized carbons (Fsp3) is 0.360. The van der Waals surface area contributed by atoms with Crippen LogP contribution in [0.4, 0.5) is 5.82 Å². The van der Waals surface area contributed by atoms with Gasteiger partial charge in [0.15, 0.2) is 0 Å². The zero-order valence-electron chi connectivity index (χ0n) is 18.3. The molecule has 7 heteroatoms. The van der Waals surface area contributed by atoms with Gasteiger partial charge >= 0.3 is 0 Å². The highest BCUT2D eigenvalue weighted by Crippen LogP contribution is 2.42. The van der Waals surface area contributed by atoms with Crippen LogP contribution < -0.4 is 4.90 Å². The van der Waals surface area contributed by atoms with E-state index in [1.54, 1.807) is 15.4 Å². The van der Waals surface area contributed by atoms with Crippen molar-refractivity contribution < 1.29 is 0 Å². The molecule has 160 valence electrons. The summed E-state index contributed by atoms with van der Waals surface area (Å²) < 4.78 is 3.57. The summed E-state index contributed by atoms with van der Waals surface area (Å²) in [6.45, 7) is 4.61. The van der Waals surface area contributed by atoms with Gasteiger partial charge in [-0.15, -0.1) is 0 Å². The normalized spacial score (nSPS) is 22.4. The number of pyridine rings is 2. The van der Waals surface area contributed by atoms with Crippen molar-refractivity contribution in [1.82, 2.24) is 24.4 Å². The number of aryl methyl sites for hydroxylation is 1. The number of fused-ring (bicyclic) bond motifs is 2. The van der Waals surface area contributed by atoms with Crippen molar-refractivity contribution in [2.75, 3.05) is 18.0 Å². The first-order valence-corrected chi connectivity index (χ1v) is 11.2. The van der Waals surface area contributed by atoms with Crippen LogP contribution in [0.15, 0.2) is 49.2 Å². The molecular weight excluding hydrogens is 398 g/mol. The van der Waals surface area contributed by atoms with E-state index in [2.05, 4.69) is 46.3 Å². The van der Waals surface area contributed by atoms with E-state index in [0.29, 0.717) is 5.56 Å². The maximum absolute atomic E-state index is 9.63. The Bertz CT molecular complexity index is 1330. The van der Waals surface area contributed by atoms with Crippen molar-refractivity contribution in [2.45, 2.75) is 19.8 Å². The average Bonchev–Trinajstić information content (AvgIpc) is 3.56. The number of hydrogen-bond acceptors (Lipinski definition) is 5. The molecule has 0 N–H and O–H groups in total. The van der Waals surface area contributed by atoms with Gasteiger partial charge in [-0.1, -0.05) is 6.92 Å². The Morgan fingerprint density at radius 1 is 0.969 bits per heavy atom. The quantitative estimate of drug-likeness (QED) is 0.495. The third-order valence-corrected chi connectivity index (χ3v) is 7.14. The van der Waals surface area contributed by atoms with Gasteiger partial charge in [-0.2, -0.15) is 15.5 Å². The molecule has 1 unspecified atom stereocenters. The van der Waals surface area contributed by atoms with E-state index < -0.39 is 0 Å².